The van der Waals surface area contributed by atoms with Crippen molar-refractivity contribution in [2.24, 2.45) is 0 Å². The van der Waals surface area contributed by atoms with E-state index in [1.165, 1.54) is 44.5 Å². The number of fused-ring (bicyclic) bond motifs is 10. The SMILES string of the molecule is C=Cc1ccc(Nc2cccc3c2-c2ccccc2C32c3ccccc3-c3ccccc32)cc1. The Morgan fingerprint density at radius 1 is 0.529 bits per heavy atom. The predicted molar refractivity (Wildman–Crippen MR) is 143 cm³/mol. The summed E-state index contributed by atoms with van der Waals surface area (Å²) in [7, 11) is 0. The van der Waals surface area contributed by atoms with Gasteiger partial charge < -0.3 is 5.32 Å². The molecule has 5 aromatic rings. The van der Waals surface area contributed by atoms with E-state index >= 15 is 0 Å². The fourth-order valence-corrected chi connectivity index (χ4v) is 6.11. The zero-order valence-corrected chi connectivity index (χ0v) is 18.8. The van der Waals surface area contributed by atoms with Gasteiger partial charge in [-0.3, -0.25) is 0 Å². The van der Waals surface area contributed by atoms with Crippen LogP contribution < -0.4 is 5.32 Å². The summed E-state index contributed by atoms with van der Waals surface area (Å²) in [5.74, 6) is 0. The number of nitrogens with one attached hydrogen (secondary N) is 1. The van der Waals surface area contributed by atoms with Crippen LogP contribution in [0, 0.1) is 0 Å². The lowest BCUT2D eigenvalue weighted by Crippen LogP contribution is -2.25. The van der Waals surface area contributed by atoms with Gasteiger partial charge in [0.2, 0.25) is 0 Å². The first-order valence-electron chi connectivity index (χ1n) is 11.7. The molecule has 0 atom stereocenters. The Morgan fingerprint density at radius 2 is 1.06 bits per heavy atom. The Hall–Kier alpha value is -4.36. The molecule has 34 heavy (non-hydrogen) atoms. The van der Waals surface area contributed by atoms with Gasteiger partial charge in [-0.2, -0.15) is 0 Å². The predicted octanol–water partition coefficient (Wildman–Crippen LogP) is 8.42. The molecule has 1 heteroatoms. The molecule has 2 aliphatic rings. The Bertz CT molecular complexity index is 1540. The second kappa shape index (κ2) is 7.07. The number of benzene rings is 5. The summed E-state index contributed by atoms with van der Waals surface area (Å²) >= 11 is 0. The van der Waals surface area contributed by atoms with Crippen molar-refractivity contribution in [2.45, 2.75) is 5.41 Å². The van der Waals surface area contributed by atoms with Crippen LogP contribution in [0.2, 0.25) is 0 Å². The van der Waals surface area contributed by atoms with E-state index in [-0.39, 0.29) is 5.41 Å². The molecule has 0 fully saturated rings. The molecule has 160 valence electrons. The molecular formula is C33H23N. The molecule has 0 radical (unpaired) electrons. The maximum absolute atomic E-state index is 3.87. The lowest BCUT2D eigenvalue weighted by Gasteiger charge is -2.30. The molecule has 0 saturated carbocycles. The molecule has 0 aromatic heterocycles. The molecule has 0 unspecified atom stereocenters. The first kappa shape index (κ1) is 19.1. The van der Waals surface area contributed by atoms with Crippen LogP contribution in [-0.4, -0.2) is 0 Å². The highest BCUT2D eigenvalue weighted by Gasteiger charge is 2.51. The third kappa shape index (κ3) is 2.39. The summed E-state index contributed by atoms with van der Waals surface area (Å²) in [5.41, 5.74) is 13.7. The normalized spacial score (nSPS) is 13.6. The van der Waals surface area contributed by atoms with E-state index in [1.54, 1.807) is 0 Å². The first-order valence-corrected chi connectivity index (χ1v) is 11.7. The summed E-state index contributed by atoms with van der Waals surface area (Å²) in [6.07, 6.45) is 1.87. The summed E-state index contributed by atoms with van der Waals surface area (Å²) in [4.78, 5) is 0. The maximum Gasteiger partial charge on any atom is 0.0726 e. The molecule has 0 saturated heterocycles. The Kier molecular flexibility index (Phi) is 3.98. The van der Waals surface area contributed by atoms with Crippen molar-refractivity contribution in [3.05, 3.63) is 150 Å². The number of hydrogen-bond acceptors (Lipinski definition) is 1. The van der Waals surface area contributed by atoms with Gasteiger partial charge in [0.1, 0.15) is 0 Å². The quantitative estimate of drug-likeness (QED) is 0.295. The van der Waals surface area contributed by atoms with Crippen molar-refractivity contribution >= 4 is 17.5 Å². The van der Waals surface area contributed by atoms with Crippen molar-refractivity contribution in [3.8, 4) is 22.3 Å². The monoisotopic (exact) mass is 433 g/mol. The van der Waals surface area contributed by atoms with Crippen molar-refractivity contribution in [1.82, 2.24) is 0 Å². The van der Waals surface area contributed by atoms with Gasteiger partial charge in [0.15, 0.2) is 0 Å². The van der Waals surface area contributed by atoms with E-state index in [1.807, 2.05) is 6.08 Å². The van der Waals surface area contributed by atoms with Crippen molar-refractivity contribution in [1.29, 1.82) is 0 Å². The van der Waals surface area contributed by atoms with Crippen molar-refractivity contribution < 1.29 is 0 Å². The summed E-state index contributed by atoms with van der Waals surface area (Å²) in [6.45, 7) is 3.87. The third-order valence-corrected chi connectivity index (χ3v) is 7.45. The van der Waals surface area contributed by atoms with E-state index < -0.39 is 0 Å². The van der Waals surface area contributed by atoms with Gasteiger partial charge in [-0.05, 0) is 62.7 Å². The smallest absolute Gasteiger partial charge is 0.0726 e. The van der Waals surface area contributed by atoms with Gasteiger partial charge in [-0.1, -0.05) is 110 Å². The molecule has 1 N–H and O–H groups in total. The summed E-state index contributed by atoms with van der Waals surface area (Å²) in [6, 6.07) is 41.9. The minimum Gasteiger partial charge on any atom is -0.355 e. The number of anilines is 2. The van der Waals surface area contributed by atoms with Crippen LogP contribution in [-0.2, 0) is 5.41 Å². The fourth-order valence-electron chi connectivity index (χ4n) is 6.11. The van der Waals surface area contributed by atoms with Crippen LogP contribution in [0.4, 0.5) is 11.4 Å². The lowest BCUT2D eigenvalue weighted by molar-refractivity contribution is 0.794. The fraction of sp³-hybridized carbons (Fsp3) is 0.0303. The topological polar surface area (TPSA) is 12.0 Å². The molecule has 0 bridgehead atoms. The van der Waals surface area contributed by atoms with Gasteiger partial charge in [0, 0.05) is 16.9 Å². The third-order valence-electron chi connectivity index (χ3n) is 7.45. The van der Waals surface area contributed by atoms with E-state index in [4.69, 9.17) is 0 Å². The highest BCUT2D eigenvalue weighted by atomic mass is 14.9. The number of rotatable bonds is 3. The van der Waals surface area contributed by atoms with Crippen LogP contribution in [0.25, 0.3) is 28.3 Å². The highest BCUT2D eigenvalue weighted by Crippen LogP contribution is 2.63. The first-order chi connectivity index (χ1) is 16.8. The van der Waals surface area contributed by atoms with Gasteiger partial charge in [-0.25, -0.2) is 0 Å². The average Bonchev–Trinajstić information content (AvgIpc) is 3.37. The van der Waals surface area contributed by atoms with E-state index in [0.717, 1.165) is 16.9 Å². The molecule has 0 heterocycles. The molecule has 0 amide bonds. The maximum atomic E-state index is 3.87. The van der Waals surface area contributed by atoms with E-state index in [0.29, 0.717) is 0 Å². The average molecular weight is 434 g/mol. The van der Waals surface area contributed by atoms with E-state index in [9.17, 15) is 0 Å². The second-order valence-corrected chi connectivity index (χ2v) is 9.07. The standard InChI is InChI=1S/C33H23N/c1-2-22-18-20-23(21-19-22)34-31-17-9-16-30-32(31)26-12-5-8-15-29(26)33(30)27-13-6-3-10-24(27)25-11-4-7-14-28(25)33/h2-21,34H,1H2. The molecule has 7 rings (SSSR count). The molecule has 0 aliphatic heterocycles. The lowest BCUT2D eigenvalue weighted by atomic mass is 9.70. The van der Waals surface area contributed by atoms with Gasteiger partial charge in [0.05, 0.1) is 5.41 Å². The largest absolute Gasteiger partial charge is 0.355 e. The highest BCUT2D eigenvalue weighted by molar-refractivity contribution is 5.99. The Morgan fingerprint density at radius 3 is 1.68 bits per heavy atom. The van der Waals surface area contributed by atoms with Crippen LogP contribution in [0.15, 0.2) is 122 Å². The van der Waals surface area contributed by atoms with Crippen molar-refractivity contribution in [3.63, 3.8) is 0 Å². The van der Waals surface area contributed by atoms with E-state index in [2.05, 4.69) is 127 Å². The van der Waals surface area contributed by atoms with Crippen LogP contribution in [0.3, 0.4) is 0 Å². The summed E-state index contributed by atoms with van der Waals surface area (Å²) in [5, 5.41) is 3.72. The van der Waals surface area contributed by atoms with Gasteiger partial charge in [-0.15, -0.1) is 0 Å². The molecular weight excluding hydrogens is 410 g/mol. The molecule has 5 aromatic carbocycles. The van der Waals surface area contributed by atoms with Crippen molar-refractivity contribution in [2.75, 3.05) is 5.32 Å². The molecule has 1 nitrogen and oxygen atoms in total. The number of hydrogen-bond donors (Lipinski definition) is 1. The van der Waals surface area contributed by atoms with Crippen LogP contribution in [0.1, 0.15) is 27.8 Å². The molecule has 2 aliphatic carbocycles. The van der Waals surface area contributed by atoms with Gasteiger partial charge >= 0.3 is 0 Å². The Balaban J connectivity index is 1.53. The Labute approximate surface area is 200 Å². The zero-order valence-electron chi connectivity index (χ0n) is 18.8. The summed E-state index contributed by atoms with van der Waals surface area (Å²) < 4.78 is 0. The minimum atomic E-state index is -0.302. The second-order valence-electron chi connectivity index (χ2n) is 9.07. The zero-order chi connectivity index (χ0) is 22.7. The molecule has 1 spiro atoms. The minimum absolute atomic E-state index is 0.302. The van der Waals surface area contributed by atoms with Crippen LogP contribution in [0.5, 0.6) is 0 Å². The van der Waals surface area contributed by atoms with Crippen LogP contribution >= 0.6 is 0 Å². The van der Waals surface area contributed by atoms with Gasteiger partial charge in [0.25, 0.3) is 0 Å².